The third kappa shape index (κ3) is 10.2. The van der Waals surface area contributed by atoms with E-state index in [1.54, 1.807) is 30.3 Å². The van der Waals surface area contributed by atoms with E-state index >= 15 is 0 Å². The van der Waals surface area contributed by atoms with Crippen LogP contribution < -0.4 is 27.8 Å². The van der Waals surface area contributed by atoms with E-state index in [0.29, 0.717) is 19.3 Å². The summed E-state index contributed by atoms with van der Waals surface area (Å²) in [5, 5.41) is 23.5. The first-order chi connectivity index (χ1) is 18.5. The fraction of sp³-hybridized carbons (Fsp3) is 0.520. The Morgan fingerprint density at radius 1 is 1.03 bits per heavy atom. The van der Waals surface area contributed by atoms with Crippen LogP contribution in [0.1, 0.15) is 44.1 Å². The molecule has 14 heteroatoms. The molecule has 1 saturated heterocycles. The fourth-order valence-electron chi connectivity index (χ4n) is 4.27. The molecule has 4 atom stereocenters. The minimum Gasteiger partial charge on any atom is -0.481 e. The zero-order valence-corrected chi connectivity index (χ0v) is 21.6. The number of carbonyl (C=O) groups excluding carboxylic acids is 3. The summed E-state index contributed by atoms with van der Waals surface area (Å²) in [6.45, 7) is 0.441. The average molecular weight is 548 g/mol. The number of carboxylic acids is 2. The lowest BCUT2D eigenvalue weighted by atomic mass is 10.0. The Hall–Kier alpha value is -4.20. The predicted molar refractivity (Wildman–Crippen MR) is 141 cm³/mol. The number of hydrogen-bond donors (Lipinski definition) is 7. The molecule has 214 valence electrons. The number of aliphatic carboxylic acids is 2. The summed E-state index contributed by atoms with van der Waals surface area (Å²) in [7, 11) is 0. The minimum absolute atomic E-state index is 0.0828. The Morgan fingerprint density at radius 2 is 1.72 bits per heavy atom. The third-order valence-corrected chi connectivity index (χ3v) is 6.30. The molecule has 10 N–H and O–H groups in total. The van der Waals surface area contributed by atoms with Crippen molar-refractivity contribution in [2.24, 2.45) is 22.2 Å². The Labute approximate surface area is 226 Å². The molecule has 39 heavy (non-hydrogen) atoms. The zero-order chi connectivity index (χ0) is 28.9. The van der Waals surface area contributed by atoms with E-state index in [1.165, 1.54) is 4.90 Å². The molecule has 0 saturated carbocycles. The number of amides is 3. The maximum atomic E-state index is 13.6. The number of aliphatic imine (C=N–C) groups is 1. The first-order valence-corrected chi connectivity index (χ1v) is 12.7. The average Bonchev–Trinajstić information content (AvgIpc) is 3.38. The molecule has 0 bridgehead atoms. The van der Waals surface area contributed by atoms with Gasteiger partial charge in [0.15, 0.2) is 5.96 Å². The number of likely N-dealkylation sites (tertiary alicyclic amines) is 1. The largest absolute Gasteiger partial charge is 0.481 e. The van der Waals surface area contributed by atoms with Crippen molar-refractivity contribution in [1.82, 2.24) is 15.5 Å². The van der Waals surface area contributed by atoms with E-state index in [0.717, 1.165) is 5.56 Å². The highest BCUT2D eigenvalue weighted by atomic mass is 16.4. The van der Waals surface area contributed by atoms with Gasteiger partial charge in [-0.05, 0) is 37.7 Å². The van der Waals surface area contributed by atoms with Crippen molar-refractivity contribution < 1.29 is 34.2 Å². The van der Waals surface area contributed by atoms with Crippen molar-refractivity contribution in [2.75, 3.05) is 13.1 Å². The predicted octanol–water partition coefficient (Wildman–Crippen LogP) is -1.48. The number of nitrogens with two attached hydrogens (primary N) is 3. The topological polar surface area (TPSA) is 244 Å². The van der Waals surface area contributed by atoms with Crippen LogP contribution in [0.25, 0.3) is 0 Å². The van der Waals surface area contributed by atoms with Gasteiger partial charge in [-0.15, -0.1) is 0 Å². The Morgan fingerprint density at radius 3 is 2.33 bits per heavy atom. The Balaban J connectivity index is 2.14. The molecule has 2 rings (SSSR count). The lowest BCUT2D eigenvalue weighted by Crippen LogP contribution is -2.57. The van der Waals surface area contributed by atoms with Crippen molar-refractivity contribution >= 4 is 35.6 Å². The maximum Gasteiger partial charge on any atom is 0.326 e. The molecular weight excluding hydrogens is 510 g/mol. The molecule has 0 spiro atoms. The van der Waals surface area contributed by atoms with Gasteiger partial charge in [0.25, 0.3) is 0 Å². The molecule has 1 fully saturated rings. The summed E-state index contributed by atoms with van der Waals surface area (Å²) in [4.78, 5) is 67.1. The number of guanidine groups is 1. The lowest BCUT2D eigenvalue weighted by molar-refractivity contribution is -0.145. The maximum absolute atomic E-state index is 13.6. The highest BCUT2D eigenvalue weighted by molar-refractivity contribution is 5.94. The second-order valence-electron chi connectivity index (χ2n) is 9.33. The third-order valence-electron chi connectivity index (χ3n) is 6.30. The molecular formula is C25H37N7O7. The van der Waals surface area contributed by atoms with Gasteiger partial charge in [0.2, 0.25) is 17.7 Å². The van der Waals surface area contributed by atoms with Crippen LogP contribution in [0, 0.1) is 0 Å². The van der Waals surface area contributed by atoms with Crippen LogP contribution in [-0.2, 0) is 30.4 Å². The van der Waals surface area contributed by atoms with Gasteiger partial charge >= 0.3 is 11.9 Å². The van der Waals surface area contributed by atoms with Gasteiger partial charge < -0.3 is 42.9 Å². The molecule has 1 aliphatic heterocycles. The lowest BCUT2D eigenvalue weighted by Gasteiger charge is -2.30. The van der Waals surface area contributed by atoms with Crippen LogP contribution in [0.4, 0.5) is 0 Å². The summed E-state index contributed by atoms with van der Waals surface area (Å²) < 4.78 is 0. The number of hydrogen-bond acceptors (Lipinski definition) is 7. The van der Waals surface area contributed by atoms with Gasteiger partial charge in [0.1, 0.15) is 18.1 Å². The van der Waals surface area contributed by atoms with Gasteiger partial charge in [0, 0.05) is 25.9 Å². The smallest absolute Gasteiger partial charge is 0.326 e. The van der Waals surface area contributed by atoms with Gasteiger partial charge in [-0.3, -0.25) is 24.2 Å². The molecule has 4 unspecified atom stereocenters. The summed E-state index contributed by atoms with van der Waals surface area (Å²) in [6, 6.07) is 4.60. The first kappa shape index (κ1) is 31.0. The molecule has 1 aromatic rings. The van der Waals surface area contributed by atoms with E-state index < -0.39 is 53.8 Å². The second-order valence-corrected chi connectivity index (χ2v) is 9.33. The number of nitrogens with one attached hydrogen (secondary N) is 2. The molecule has 14 nitrogen and oxygen atoms in total. The molecule has 0 aromatic heterocycles. The standard InChI is InChI=1S/C25H37N7O7/c26-16(10-11-20(33)34)21(35)31-18(14-15-6-2-1-3-7-15)23(37)32-13-5-9-19(32)22(36)30-17(24(38)39)8-4-12-29-25(27)28/h1-3,6-7,16-19H,4-5,8-14,26H2,(H,30,36)(H,31,35)(H,33,34)(H,38,39)(H4,27,28,29). The van der Waals surface area contributed by atoms with Crippen molar-refractivity contribution in [2.45, 2.75) is 69.1 Å². The number of benzene rings is 1. The van der Waals surface area contributed by atoms with Crippen molar-refractivity contribution in [1.29, 1.82) is 0 Å². The highest BCUT2D eigenvalue weighted by Gasteiger charge is 2.39. The van der Waals surface area contributed by atoms with Gasteiger partial charge in [-0.1, -0.05) is 30.3 Å². The van der Waals surface area contributed by atoms with Gasteiger partial charge in [-0.2, -0.15) is 0 Å². The normalized spacial score (nSPS) is 16.9. The van der Waals surface area contributed by atoms with Gasteiger partial charge in [0.05, 0.1) is 6.04 Å². The van der Waals surface area contributed by atoms with E-state index in [4.69, 9.17) is 22.3 Å². The van der Waals surface area contributed by atoms with Crippen LogP contribution in [0.5, 0.6) is 0 Å². The molecule has 0 aliphatic carbocycles. The van der Waals surface area contributed by atoms with E-state index in [1.807, 2.05) is 0 Å². The van der Waals surface area contributed by atoms with E-state index in [9.17, 15) is 29.1 Å². The summed E-state index contributed by atoms with van der Waals surface area (Å²) in [6.07, 6.45) is 0.927. The summed E-state index contributed by atoms with van der Waals surface area (Å²) in [5.74, 6) is -4.26. The van der Waals surface area contributed by atoms with Crippen LogP contribution in [0.15, 0.2) is 35.3 Å². The van der Waals surface area contributed by atoms with Crippen LogP contribution >= 0.6 is 0 Å². The fourth-order valence-corrected chi connectivity index (χ4v) is 4.27. The van der Waals surface area contributed by atoms with Crippen LogP contribution in [0.2, 0.25) is 0 Å². The van der Waals surface area contributed by atoms with Crippen LogP contribution in [0.3, 0.4) is 0 Å². The molecule has 1 aliphatic rings. The molecule has 0 radical (unpaired) electrons. The van der Waals surface area contributed by atoms with E-state index in [-0.39, 0.29) is 44.7 Å². The number of carboxylic acid groups (broad SMARTS) is 2. The Kier molecular flexibility index (Phi) is 12.1. The zero-order valence-electron chi connectivity index (χ0n) is 21.6. The van der Waals surface area contributed by atoms with E-state index in [2.05, 4.69) is 15.6 Å². The van der Waals surface area contributed by atoms with Crippen molar-refractivity contribution in [3.8, 4) is 0 Å². The second kappa shape index (κ2) is 15.3. The number of nitrogens with zero attached hydrogens (tertiary/aromatic N) is 2. The first-order valence-electron chi connectivity index (χ1n) is 12.7. The highest BCUT2D eigenvalue weighted by Crippen LogP contribution is 2.20. The number of rotatable bonds is 15. The van der Waals surface area contributed by atoms with Gasteiger partial charge in [-0.25, -0.2) is 4.79 Å². The SMILES string of the molecule is NC(N)=NCCCC(NC(=O)C1CCCN1C(=O)C(Cc1ccccc1)NC(=O)C(N)CCC(=O)O)C(=O)O. The summed E-state index contributed by atoms with van der Waals surface area (Å²) >= 11 is 0. The minimum atomic E-state index is -1.23. The summed E-state index contributed by atoms with van der Waals surface area (Å²) in [5.41, 5.74) is 17.1. The number of carbonyl (C=O) groups is 5. The Bertz CT molecular complexity index is 1050. The van der Waals surface area contributed by atoms with Crippen molar-refractivity contribution in [3.05, 3.63) is 35.9 Å². The van der Waals surface area contributed by atoms with Crippen LogP contribution in [-0.4, -0.2) is 88.0 Å². The molecule has 1 heterocycles. The quantitative estimate of drug-likeness (QED) is 0.0762. The molecule has 3 amide bonds. The monoisotopic (exact) mass is 547 g/mol. The van der Waals surface area contributed by atoms with Crippen molar-refractivity contribution in [3.63, 3.8) is 0 Å². The molecule has 1 aromatic carbocycles.